The van der Waals surface area contributed by atoms with Gasteiger partial charge in [-0.3, -0.25) is 0 Å². The van der Waals surface area contributed by atoms with E-state index in [1.165, 1.54) is 11.1 Å². The van der Waals surface area contributed by atoms with Crippen molar-refractivity contribution in [3.8, 4) is 5.75 Å². The minimum absolute atomic E-state index is 0.324. The van der Waals surface area contributed by atoms with E-state index in [-0.39, 0.29) is 5.97 Å². The largest absolute Gasteiger partial charge is 0.478 e. The van der Waals surface area contributed by atoms with Gasteiger partial charge in [-0.1, -0.05) is 6.07 Å². The number of carbonyl (C=O) groups is 1. The molecule has 0 amide bonds. The van der Waals surface area contributed by atoms with Crippen LogP contribution in [0.3, 0.4) is 0 Å². The van der Waals surface area contributed by atoms with Crippen molar-refractivity contribution in [1.29, 1.82) is 0 Å². The molecule has 1 atom stereocenters. The van der Waals surface area contributed by atoms with Gasteiger partial charge in [0.2, 0.25) is 0 Å². The number of hydrogen-bond acceptors (Lipinski definition) is 3. The summed E-state index contributed by atoms with van der Waals surface area (Å²) in [5.74, 6) is 0.475. The summed E-state index contributed by atoms with van der Waals surface area (Å²) in [4.78, 5) is 11.6. The van der Waals surface area contributed by atoms with E-state index in [2.05, 4.69) is 6.07 Å². The molecule has 0 aliphatic carbocycles. The Kier molecular flexibility index (Phi) is 4.76. The summed E-state index contributed by atoms with van der Waals surface area (Å²) in [7, 11) is 0. The second-order valence-electron chi connectivity index (χ2n) is 4.60. The zero-order chi connectivity index (χ0) is 13.9. The molecule has 18 heavy (non-hydrogen) atoms. The Labute approximate surface area is 109 Å². The van der Waals surface area contributed by atoms with Crippen molar-refractivity contribution < 1.29 is 14.3 Å². The van der Waals surface area contributed by atoms with Gasteiger partial charge in [-0.2, -0.15) is 0 Å². The van der Waals surface area contributed by atoms with Gasteiger partial charge in [-0.15, -0.1) is 0 Å². The monoisotopic (exact) mass is 250 g/mol. The molecule has 1 unspecified atom stereocenters. The minimum Gasteiger partial charge on any atom is -0.478 e. The van der Waals surface area contributed by atoms with Gasteiger partial charge in [-0.25, -0.2) is 4.79 Å². The number of rotatable bonds is 4. The molecule has 3 nitrogen and oxygen atoms in total. The summed E-state index contributed by atoms with van der Waals surface area (Å²) in [5, 5.41) is 0. The molecule has 0 aliphatic rings. The van der Waals surface area contributed by atoms with Gasteiger partial charge in [-0.05, 0) is 63.8 Å². The molecule has 0 heterocycles. The third-order valence-electron chi connectivity index (χ3n) is 3.21. The molecule has 0 N–H and O–H groups in total. The van der Waals surface area contributed by atoms with Gasteiger partial charge in [0.15, 0.2) is 6.10 Å². The highest BCUT2D eigenvalue weighted by atomic mass is 16.6. The maximum atomic E-state index is 11.6. The summed E-state index contributed by atoms with van der Waals surface area (Å²) >= 11 is 0. The highest BCUT2D eigenvalue weighted by molar-refractivity contribution is 5.74. The molecule has 0 aliphatic heterocycles. The molecule has 0 aromatic heterocycles. The average molecular weight is 250 g/mol. The molecule has 0 spiro atoms. The Morgan fingerprint density at radius 1 is 1.17 bits per heavy atom. The zero-order valence-corrected chi connectivity index (χ0v) is 12.1. The van der Waals surface area contributed by atoms with Crippen LogP contribution in [-0.2, 0) is 9.53 Å². The van der Waals surface area contributed by atoms with Crippen LogP contribution in [0.4, 0.5) is 0 Å². The summed E-state index contributed by atoms with van der Waals surface area (Å²) < 4.78 is 10.7. The average Bonchev–Trinajstić information content (AvgIpc) is 2.32. The van der Waals surface area contributed by atoms with Crippen molar-refractivity contribution in [2.75, 3.05) is 6.61 Å². The molecule has 0 saturated carbocycles. The first-order valence-corrected chi connectivity index (χ1v) is 6.29. The van der Waals surface area contributed by atoms with Gasteiger partial charge < -0.3 is 9.47 Å². The highest BCUT2D eigenvalue weighted by Gasteiger charge is 2.19. The summed E-state index contributed by atoms with van der Waals surface area (Å²) in [6.07, 6.45) is -0.580. The lowest BCUT2D eigenvalue weighted by Gasteiger charge is -2.19. The van der Waals surface area contributed by atoms with Crippen LogP contribution in [-0.4, -0.2) is 18.7 Å². The highest BCUT2D eigenvalue weighted by Crippen LogP contribution is 2.29. The standard InChI is InChI=1S/C15H22O3/c1-7-17-15(16)13(6)18-14-11(4)9(2)8-10(3)12(14)5/h8,13H,7H2,1-6H3. The molecule has 100 valence electrons. The molecule has 3 heteroatoms. The molecule has 0 saturated heterocycles. The Morgan fingerprint density at radius 3 is 2.11 bits per heavy atom. The Balaban J connectivity index is 3.00. The first-order valence-electron chi connectivity index (χ1n) is 6.29. The summed E-state index contributed by atoms with van der Waals surface area (Å²) in [6, 6.07) is 2.13. The third-order valence-corrected chi connectivity index (χ3v) is 3.21. The predicted octanol–water partition coefficient (Wildman–Crippen LogP) is 3.25. The minimum atomic E-state index is -0.580. The summed E-state index contributed by atoms with van der Waals surface area (Å²) in [6.45, 7) is 12.0. The fraction of sp³-hybridized carbons (Fsp3) is 0.533. The van der Waals surface area contributed by atoms with Crippen molar-refractivity contribution in [3.05, 3.63) is 28.3 Å². The van der Waals surface area contributed by atoms with Crippen LogP contribution in [0.15, 0.2) is 6.07 Å². The van der Waals surface area contributed by atoms with Crippen LogP contribution in [0.25, 0.3) is 0 Å². The van der Waals surface area contributed by atoms with Crippen LogP contribution in [0, 0.1) is 27.7 Å². The van der Waals surface area contributed by atoms with Crippen molar-refractivity contribution in [2.24, 2.45) is 0 Å². The van der Waals surface area contributed by atoms with Crippen LogP contribution in [0.1, 0.15) is 36.1 Å². The Hall–Kier alpha value is -1.51. The maximum absolute atomic E-state index is 11.6. The molecule has 0 radical (unpaired) electrons. The summed E-state index contributed by atoms with van der Waals surface area (Å²) in [5.41, 5.74) is 4.50. The van der Waals surface area contributed by atoms with E-state index in [1.807, 2.05) is 27.7 Å². The second-order valence-corrected chi connectivity index (χ2v) is 4.60. The van der Waals surface area contributed by atoms with Crippen LogP contribution >= 0.6 is 0 Å². The van der Waals surface area contributed by atoms with Gasteiger partial charge in [0.05, 0.1) is 6.61 Å². The Morgan fingerprint density at radius 2 is 1.67 bits per heavy atom. The topological polar surface area (TPSA) is 35.5 Å². The molecular formula is C15H22O3. The van der Waals surface area contributed by atoms with Crippen molar-refractivity contribution in [3.63, 3.8) is 0 Å². The first kappa shape index (κ1) is 14.6. The number of esters is 1. The number of benzene rings is 1. The van der Waals surface area contributed by atoms with Crippen molar-refractivity contribution in [2.45, 2.75) is 47.6 Å². The van der Waals surface area contributed by atoms with E-state index >= 15 is 0 Å². The van der Waals surface area contributed by atoms with E-state index in [9.17, 15) is 4.79 Å². The smallest absolute Gasteiger partial charge is 0.347 e. The molecule has 0 fully saturated rings. The molecule has 1 aromatic rings. The van der Waals surface area contributed by atoms with Crippen LogP contribution < -0.4 is 4.74 Å². The SMILES string of the molecule is CCOC(=O)C(C)Oc1c(C)c(C)cc(C)c1C. The quantitative estimate of drug-likeness (QED) is 0.769. The maximum Gasteiger partial charge on any atom is 0.347 e. The number of hydrogen-bond donors (Lipinski definition) is 0. The lowest BCUT2D eigenvalue weighted by atomic mass is 10.00. The number of carbonyl (C=O) groups excluding carboxylic acids is 1. The van der Waals surface area contributed by atoms with E-state index < -0.39 is 6.10 Å². The molecule has 1 rings (SSSR count). The Bertz CT molecular complexity index is 423. The third kappa shape index (κ3) is 3.03. The van der Waals surface area contributed by atoms with E-state index in [4.69, 9.17) is 9.47 Å². The lowest BCUT2D eigenvalue weighted by molar-refractivity contribution is -0.150. The van der Waals surface area contributed by atoms with E-state index in [0.717, 1.165) is 16.9 Å². The van der Waals surface area contributed by atoms with Gasteiger partial charge in [0.25, 0.3) is 0 Å². The van der Waals surface area contributed by atoms with Gasteiger partial charge in [0, 0.05) is 0 Å². The van der Waals surface area contributed by atoms with E-state index in [1.54, 1.807) is 13.8 Å². The molecule has 1 aromatic carbocycles. The van der Waals surface area contributed by atoms with Crippen LogP contribution in [0.2, 0.25) is 0 Å². The second kappa shape index (κ2) is 5.89. The normalized spacial score (nSPS) is 12.1. The van der Waals surface area contributed by atoms with Crippen molar-refractivity contribution >= 4 is 5.97 Å². The molecular weight excluding hydrogens is 228 g/mol. The van der Waals surface area contributed by atoms with Crippen molar-refractivity contribution in [1.82, 2.24) is 0 Å². The molecule has 0 bridgehead atoms. The van der Waals surface area contributed by atoms with Gasteiger partial charge in [0.1, 0.15) is 5.75 Å². The van der Waals surface area contributed by atoms with Crippen LogP contribution in [0.5, 0.6) is 5.75 Å². The van der Waals surface area contributed by atoms with E-state index in [0.29, 0.717) is 6.61 Å². The first-order chi connectivity index (χ1) is 8.38. The number of aryl methyl sites for hydroxylation is 2. The zero-order valence-electron chi connectivity index (χ0n) is 12.1. The number of ether oxygens (including phenoxy) is 2. The lowest BCUT2D eigenvalue weighted by Crippen LogP contribution is -2.26. The fourth-order valence-corrected chi connectivity index (χ4v) is 1.84. The fourth-order valence-electron chi connectivity index (χ4n) is 1.84. The van der Waals surface area contributed by atoms with Gasteiger partial charge >= 0.3 is 5.97 Å². The predicted molar refractivity (Wildman–Crippen MR) is 72.1 cm³/mol.